The number of rotatable bonds is 2. The summed E-state index contributed by atoms with van der Waals surface area (Å²) in [7, 11) is 0. The summed E-state index contributed by atoms with van der Waals surface area (Å²) in [4.78, 5) is 0. The normalized spacial score (nSPS) is 12.0. The van der Waals surface area contributed by atoms with E-state index in [1.165, 1.54) is 0 Å². The van der Waals surface area contributed by atoms with Gasteiger partial charge in [0.15, 0.2) is 0 Å². The Kier molecular flexibility index (Phi) is 5.16. The van der Waals surface area contributed by atoms with Gasteiger partial charge in [-0.1, -0.05) is 72.8 Å². The first kappa shape index (κ1) is 26.8. The Morgan fingerprint density at radius 2 is 0.940 bits per heavy atom. The Hall–Kier alpha value is -7.28. The van der Waals surface area contributed by atoms with E-state index in [4.69, 9.17) is 8.83 Å². The van der Waals surface area contributed by atoms with Crippen molar-refractivity contribution in [1.82, 2.24) is 9.13 Å². The molecule has 0 aliphatic carbocycles. The maximum atomic E-state index is 10.6. The van der Waals surface area contributed by atoms with Gasteiger partial charge in [-0.2, -0.15) is 10.5 Å². The molecule has 0 saturated heterocycles. The number of furan rings is 2. The molecule has 0 aliphatic rings. The first-order valence-corrected chi connectivity index (χ1v) is 16.4. The van der Waals surface area contributed by atoms with Crippen molar-refractivity contribution in [2.45, 2.75) is 0 Å². The van der Waals surface area contributed by atoms with Crippen LogP contribution < -0.4 is 0 Å². The molecule has 0 amide bonds. The van der Waals surface area contributed by atoms with E-state index < -0.39 is 0 Å². The lowest BCUT2D eigenvalue weighted by Crippen LogP contribution is -2.04. The van der Waals surface area contributed by atoms with E-state index in [0.29, 0.717) is 16.8 Å². The molecule has 0 saturated carbocycles. The summed E-state index contributed by atoms with van der Waals surface area (Å²) in [6.45, 7) is 0. The molecule has 50 heavy (non-hydrogen) atoms. The van der Waals surface area contributed by atoms with Gasteiger partial charge in [-0.25, -0.2) is 0 Å². The molecular formula is C44H22N4O2. The smallest absolute Gasteiger partial charge is 0.145 e. The van der Waals surface area contributed by atoms with Crippen molar-refractivity contribution in [3.63, 3.8) is 0 Å². The van der Waals surface area contributed by atoms with Gasteiger partial charge in [0, 0.05) is 38.0 Å². The number of para-hydroxylation sites is 4. The second-order valence-electron chi connectivity index (χ2n) is 12.7. The van der Waals surface area contributed by atoms with Crippen LogP contribution in [0.25, 0.3) is 98.9 Å². The Labute approximate surface area is 283 Å². The quantitative estimate of drug-likeness (QED) is 0.189. The Balaban J connectivity index is 1.27. The van der Waals surface area contributed by atoms with Crippen molar-refractivity contribution in [2.75, 3.05) is 0 Å². The maximum Gasteiger partial charge on any atom is 0.145 e. The Bertz CT molecular complexity index is 3360. The van der Waals surface area contributed by atoms with E-state index >= 15 is 0 Å². The molecule has 0 aliphatic heterocycles. The first-order chi connectivity index (χ1) is 24.7. The maximum absolute atomic E-state index is 10.6. The fraction of sp³-hybridized carbons (Fsp3) is 0. The van der Waals surface area contributed by atoms with Crippen molar-refractivity contribution >= 4 is 87.5 Å². The molecular weight excluding hydrogens is 617 g/mol. The zero-order valence-electron chi connectivity index (χ0n) is 26.3. The van der Waals surface area contributed by atoms with Crippen LogP contribution in [0.1, 0.15) is 11.1 Å². The van der Waals surface area contributed by atoms with Gasteiger partial charge in [-0.05, 0) is 60.7 Å². The average Bonchev–Trinajstić information content (AvgIpc) is 3.91. The molecule has 6 heteroatoms. The standard InChI is InChI=1S/C44H22N4O2/c45-23-25-21-26(47-34-13-5-1-11-31(34)41-36(47)19-17-29-27-9-3-7-15-39(27)49-43(29)41)22-38(33(25)24-46)48-35-14-6-2-12-32(35)42-37(48)20-18-30-28-10-4-8-16-40(28)50-44(30)42/h1-22H. The summed E-state index contributed by atoms with van der Waals surface area (Å²) < 4.78 is 17.3. The van der Waals surface area contributed by atoms with Gasteiger partial charge < -0.3 is 18.0 Å². The number of hydrogen-bond donors (Lipinski definition) is 0. The lowest BCUT2D eigenvalue weighted by Gasteiger charge is -2.15. The third-order valence-corrected chi connectivity index (χ3v) is 10.2. The van der Waals surface area contributed by atoms with Crippen LogP contribution in [-0.4, -0.2) is 9.13 Å². The minimum absolute atomic E-state index is 0.298. The summed E-state index contributed by atoms with van der Waals surface area (Å²) in [5.74, 6) is 0. The number of hydrogen-bond acceptors (Lipinski definition) is 4. The van der Waals surface area contributed by atoms with Gasteiger partial charge in [0.2, 0.25) is 0 Å². The fourth-order valence-corrected chi connectivity index (χ4v) is 8.13. The Morgan fingerprint density at radius 1 is 0.440 bits per heavy atom. The van der Waals surface area contributed by atoms with Crippen LogP contribution in [0.15, 0.2) is 142 Å². The van der Waals surface area contributed by atoms with Crippen molar-refractivity contribution in [1.29, 1.82) is 10.5 Å². The first-order valence-electron chi connectivity index (χ1n) is 16.4. The molecule has 0 atom stereocenters. The minimum atomic E-state index is 0.298. The highest BCUT2D eigenvalue weighted by atomic mass is 16.3. The minimum Gasteiger partial charge on any atom is -0.455 e. The number of fused-ring (bicyclic) bond motifs is 14. The third kappa shape index (κ3) is 3.34. The second-order valence-corrected chi connectivity index (χ2v) is 12.7. The molecule has 11 aromatic rings. The lowest BCUT2D eigenvalue weighted by atomic mass is 10.0. The number of nitrogens with zero attached hydrogens (tertiary/aromatic N) is 4. The van der Waals surface area contributed by atoms with Crippen molar-refractivity contribution in [2.24, 2.45) is 0 Å². The van der Waals surface area contributed by atoms with Crippen LogP contribution in [0.4, 0.5) is 0 Å². The van der Waals surface area contributed by atoms with Crippen LogP contribution in [0, 0.1) is 22.7 Å². The van der Waals surface area contributed by atoms with E-state index in [1.54, 1.807) is 0 Å². The number of nitriles is 2. The third-order valence-electron chi connectivity index (χ3n) is 10.2. The number of aromatic nitrogens is 2. The highest BCUT2D eigenvalue weighted by Gasteiger charge is 2.24. The largest absolute Gasteiger partial charge is 0.455 e. The highest BCUT2D eigenvalue weighted by Crippen LogP contribution is 2.43. The van der Waals surface area contributed by atoms with E-state index in [2.05, 4.69) is 81.9 Å². The van der Waals surface area contributed by atoms with Gasteiger partial charge >= 0.3 is 0 Å². The molecule has 4 aromatic heterocycles. The highest BCUT2D eigenvalue weighted by molar-refractivity contribution is 6.25. The molecule has 11 rings (SSSR count). The Morgan fingerprint density at radius 3 is 1.50 bits per heavy atom. The zero-order valence-corrected chi connectivity index (χ0v) is 26.3. The molecule has 0 bridgehead atoms. The van der Waals surface area contributed by atoms with Crippen LogP contribution >= 0.6 is 0 Å². The predicted molar refractivity (Wildman–Crippen MR) is 199 cm³/mol. The molecule has 7 aromatic carbocycles. The average molecular weight is 639 g/mol. The molecule has 4 heterocycles. The molecule has 0 spiro atoms. The monoisotopic (exact) mass is 638 g/mol. The lowest BCUT2D eigenvalue weighted by molar-refractivity contribution is 0.672. The van der Waals surface area contributed by atoms with Gasteiger partial charge in [0.05, 0.1) is 49.7 Å². The predicted octanol–water partition coefficient (Wildman–Crippen LogP) is 11.4. The summed E-state index contributed by atoms with van der Waals surface area (Å²) in [6.07, 6.45) is 0. The summed E-state index contributed by atoms with van der Waals surface area (Å²) in [5.41, 5.74) is 9.01. The molecule has 230 valence electrons. The van der Waals surface area contributed by atoms with Crippen LogP contribution in [0.3, 0.4) is 0 Å². The molecule has 0 unspecified atom stereocenters. The van der Waals surface area contributed by atoms with E-state index in [9.17, 15) is 10.5 Å². The number of benzene rings is 7. The summed E-state index contributed by atoms with van der Waals surface area (Å²) >= 11 is 0. The van der Waals surface area contributed by atoms with E-state index in [0.717, 1.165) is 93.2 Å². The van der Waals surface area contributed by atoms with Crippen molar-refractivity contribution in [3.05, 3.63) is 145 Å². The van der Waals surface area contributed by atoms with E-state index in [1.807, 2.05) is 72.8 Å². The van der Waals surface area contributed by atoms with Gasteiger partial charge in [-0.3, -0.25) is 0 Å². The van der Waals surface area contributed by atoms with E-state index in [-0.39, 0.29) is 0 Å². The van der Waals surface area contributed by atoms with Gasteiger partial charge in [-0.15, -0.1) is 0 Å². The summed E-state index contributed by atoms with van der Waals surface area (Å²) in [5, 5.41) is 29.4. The summed E-state index contributed by atoms with van der Waals surface area (Å²) in [6, 6.07) is 49.6. The molecule has 6 nitrogen and oxygen atoms in total. The fourth-order valence-electron chi connectivity index (χ4n) is 8.13. The topological polar surface area (TPSA) is 83.7 Å². The van der Waals surface area contributed by atoms with Crippen LogP contribution in [-0.2, 0) is 0 Å². The molecule has 0 fully saturated rings. The molecule has 0 N–H and O–H groups in total. The van der Waals surface area contributed by atoms with Crippen molar-refractivity contribution < 1.29 is 8.83 Å². The van der Waals surface area contributed by atoms with Gasteiger partial charge in [0.25, 0.3) is 0 Å². The van der Waals surface area contributed by atoms with Crippen LogP contribution in [0.5, 0.6) is 0 Å². The van der Waals surface area contributed by atoms with Gasteiger partial charge in [0.1, 0.15) is 34.5 Å². The molecule has 0 radical (unpaired) electrons. The second kappa shape index (κ2) is 9.64. The SMILES string of the molecule is N#Cc1cc(-n2c3ccccc3c3c4oc5ccccc5c4ccc32)cc(-n2c3ccccc3c3c4oc5ccccc5c4ccc32)c1C#N. The van der Waals surface area contributed by atoms with Crippen LogP contribution in [0.2, 0.25) is 0 Å². The van der Waals surface area contributed by atoms with Crippen molar-refractivity contribution in [3.8, 4) is 23.5 Å². The zero-order chi connectivity index (χ0) is 33.1.